The Hall–Kier alpha value is -1.13. The Morgan fingerprint density at radius 3 is 2.71 bits per heavy atom. The SMILES string of the molecule is CCC(N)Cn1cncc1-c1ccc(Br)cc1. The molecule has 0 spiro atoms. The summed E-state index contributed by atoms with van der Waals surface area (Å²) in [7, 11) is 0. The van der Waals surface area contributed by atoms with Gasteiger partial charge in [0.2, 0.25) is 0 Å². The fourth-order valence-electron chi connectivity index (χ4n) is 1.71. The molecule has 1 aromatic carbocycles. The molecular weight excluding hydrogens is 278 g/mol. The Labute approximate surface area is 110 Å². The minimum absolute atomic E-state index is 0.179. The van der Waals surface area contributed by atoms with Crippen LogP contribution in [0.25, 0.3) is 11.3 Å². The van der Waals surface area contributed by atoms with Crippen LogP contribution in [-0.2, 0) is 6.54 Å². The molecule has 0 amide bonds. The Morgan fingerprint density at radius 1 is 1.35 bits per heavy atom. The number of benzene rings is 1. The van der Waals surface area contributed by atoms with E-state index in [1.165, 1.54) is 0 Å². The van der Waals surface area contributed by atoms with Gasteiger partial charge in [-0.3, -0.25) is 0 Å². The van der Waals surface area contributed by atoms with Crippen molar-refractivity contribution in [2.24, 2.45) is 5.73 Å². The van der Waals surface area contributed by atoms with Gasteiger partial charge in [0.1, 0.15) is 0 Å². The Bertz CT molecular complexity index is 476. The molecule has 1 atom stereocenters. The highest BCUT2D eigenvalue weighted by atomic mass is 79.9. The van der Waals surface area contributed by atoms with E-state index in [-0.39, 0.29) is 6.04 Å². The molecule has 2 rings (SSSR count). The molecule has 17 heavy (non-hydrogen) atoms. The second-order valence-corrected chi connectivity index (χ2v) is 5.02. The highest BCUT2D eigenvalue weighted by molar-refractivity contribution is 9.10. The smallest absolute Gasteiger partial charge is 0.0951 e. The van der Waals surface area contributed by atoms with E-state index < -0.39 is 0 Å². The molecule has 4 heteroatoms. The van der Waals surface area contributed by atoms with Gasteiger partial charge in [0.15, 0.2) is 0 Å². The number of nitrogens with two attached hydrogens (primary N) is 1. The van der Waals surface area contributed by atoms with Crippen LogP contribution in [0.5, 0.6) is 0 Å². The van der Waals surface area contributed by atoms with Crippen molar-refractivity contribution < 1.29 is 0 Å². The van der Waals surface area contributed by atoms with Gasteiger partial charge < -0.3 is 10.3 Å². The summed E-state index contributed by atoms with van der Waals surface area (Å²) in [6.07, 6.45) is 4.69. The Balaban J connectivity index is 2.27. The van der Waals surface area contributed by atoms with Crippen molar-refractivity contribution in [3.8, 4) is 11.3 Å². The number of aromatic nitrogens is 2. The molecule has 0 saturated heterocycles. The van der Waals surface area contributed by atoms with Crippen LogP contribution in [0.3, 0.4) is 0 Å². The molecule has 0 fully saturated rings. The van der Waals surface area contributed by atoms with Gasteiger partial charge in [0, 0.05) is 17.1 Å². The highest BCUT2D eigenvalue weighted by Crippen LogP contribution is 2.21. The summed E-state index contributed by atoms with van der Waals surface area (Å²) in [5.74, 6) is 0. The van der Waals surface area contributed by atoms with Crippen molar-refractivity contribution in [1.29, 1.82) is 0 Å². The second-order valence-electron chi connectivity index (χ2n) is 4.11. The molecule has 2 N–H and O–H groups in total. The van der Waals surface area contributed by atoms with Crippen LogP contribution in [0.2, 0.25) is 0 Å². The third-order valence-electron chi connectivity index (χ3n) is 2.81. The predicted molar refractivity (Wildman–Crippen MR) is 73.6 cm³/mol. The molecule has 2 aromatic rings. The lowest BCUT2D eigenvalue weighted by Gasteiger charge is -2.12. The van der Waals surface area contributed by atoms with E-state index in [2.05, 4.69) is 44.5 Å². The molecule has 3 nitrogen and oxygen atoms in total. The second kappa shape index (κ2) is 5.47. The van der Waals surface area contributed by atoms with Crippen LogP contribution in [0, 0.1) is 0 Å². The van der Waals surface area contributed by atoms with E-state index in [0.717, 1.165) is 28.7 Å². The molecular formula is C13H16BrN3. The highest BCUT2D eigenvalue weighted by Gasteiger charge is 2.07. The summed E-state index contributed by atoms with van der Waals surface area (Å²) in [5.41, 5.74) is 8.25. The molecule has 0 aliphatic carbocycles. The maximum Gasteiger partial charge on any atom is 0.0951 e. The average molecular weight is 294 g/mol. The van der Waals surface area contributed by atoms with Crippen LogP contribution in [0.4, 0.5) is 0 Å². The Morgan fingerprint density at radius 2 is 2.06 bits per heavy atom. The molecule has 1 unspecified atom stereocenters. The molecule has 1 heterocycles. The van der Waals surface area contributed by atoms with Crippen LogP contribution in [0.1, 0.15) is 13.3 Å². The van der Waals surface area contributed by atoms with Gasteiger partial charge in [-0.15, -0.1) is 0 Å². The first kappa shape index (κ1) is 12.3. The molecule has 0 aliphatic heterocycles. The number of hydrogen-bond acceptors (Lipinski definition) is 2. The van der Waals surface area contributed by atoms with Crippen molar-refractivity contribution in [3.05, 3.63) is 41.3 Å². The zero-order chi connectivity index (χ0) is 12.3. The lowest BCUT2D eigenvalue weighted by Crippen LogP contribution is -2.25. The van der Waals surface area contributed by atoms with Gasteiger partial charge in [0.05, 0.1) is 18.2 Å². The molecule has 90 valence electrons. The quantitative estimate of drug-likeness (QED) is 0.942. The normalized spacial score (nSPS) is 12.6. The van der Waals surface area contributed by atoms with Crippen LogP contribution < -0.4 is 5.73 Å². The summed E-state index contributed by atoms with van der Waals surface area (Å²) in [4.78, 5) is 4.20. The zero-order valence-electron chi connectivity index (χ0n) is 9.81. The van der Waals surface area contributed by atoms with Gasteiger partial charge in [-0.25, -0.2) is 4.98 Å². The maximum atomic E-state index is 5.98. The molecule has 0 bridgehead atoms. The minimum atomic E-state index is 0.179. The molecule has 0 aliphatic rings. The Kier molecular flexibility index (Phi) is 3.97. The lowest BCUT2D eigenvalue weighted by molar-refractivity contribution is 0.542. The molecule has 0 saturated carbocycles. The summed E-state index contributed by atoms with van der Waals surface area (Å²) in [5, 5.41) is 0. The standard InChI is InChI=1S/C13H16BrN3/c1-2-12(15)8-17-9-16-7-13(17)10-3-5-11(14)6-4-10/h3-7,9,12H,2,8,15H2,1H3. The first-order valence-corrected chi connectivity index (χ1v) is 6.51. The minimum Gasteiger partial charge on any atom is -0.329 e. The van der Waals surface area contributed by atoms with E-state index in [0.29, 0.717) is 0 Å². The van der Waals surface area contributed by atoms with Crippen LogP contribution >= 0.6 is 15.9 Å². The predicted octanol–water partition coefficient (Wildman–Crippen LogP) is 3.05. The summed E-state index contributed by atoms with van der Waals surface area (Å²) in [6.45, 7) is 2.91. The third kappa shape index (κ3) is 2.96. The summed E-state index contributed by atoms with van der Waals surface area (Å²) in [6, 6.07) is 8.40. The van der Waals surface area contributed by atoms with Crippen molar-refractivity contribution >= 4 is 15.9 Å². The first-order valence-electron chi connectivity index (χ1n) is 5.72. The average Bonchev–Trinajstić information content (AvgIpc) is 2.78. The first-order chi connectivity index (χ1) is 8.20. The lowest BCUT2D eigenvalue weighted by atomic mass is 10.1. The number of nitrogens with zero attached hydrogens (tertiary/aromatic N) is 2. The number of hydrogen-bond donors (Lipinski definition) is 1. The monoisotopic (exact) mass is 293 g/mol. The maximum absolute atomic E-state index is 5.98. The van der Waals surface area contributed by atoms with Gasteiger partial charge in [-0.05, 0) is 24.1 Å². The van der Waals surface area contributed by atoms with Gasteiger partial charge in [0.25, 0.3) is 0 Å². The third-order valence-corrected chi connectivity index (χ3v) is 3.34. The topological polar surface area (TPSA) is 43.8 Å². The largest absolute Gasteiger partial charge is 0.329 e. The van der Waals surface area contributed by atoms with Crippen molar-refractivity contribution in [2.75, 3.05) is 0 Å². The van der Waals surface area contributed by atoms with Crippen LogP contribution in [0.15, 0.2) is 41.3 Å². The number of halogens is 1. The van der Waals surface area contributed by atoms with Gasteiger partial charge in [-0.2, -0.15) is 0 Å². The summed E-state index contributed by atoms with van der Waals surface area (Å²) < 4.78 is 3.19. The van der Waals surface area contributed by atoms with E-state index in [1.54, 1.807) is 0 Å². The van der Waals surface area contributed by atoms with Crippen LogP contribution in [-0.4, -0.2) is 15.6 Å². The molecule has 0 radical (unpaired) electrons. The van der Waals surface area contributed by atoms with E-state index in [9.17, 15) is 0 Å². The van der Waals surface area contributed by atoms with E-state index >= 15 is 0 Å². The van der Waals surface area contributed by atoms with E-state index in [4.69, 9.17) is 5.73 Å². The van der Waals surface area contributed by atoms with Crippen molar-refractivity contribution in [2.45, 2.75) is 25.9 Å². The number of imidazole rings is 1. The van der Waals surface area contributed by atoms with Gasteiger partial charge >= 0.3 is 0 Å². The number of rotatable bonds is 4. The summed E-state index contributed by atoms with van der Waals surface area (Å²) >= 11 is 3.44. The fraction of sp³-hybridized carbons (Fsp3) is 0.308. The van der Waals surface area contributed by atoms with Crippen molar-refractivity contribution in [1.82, 2.24) is 9.55 Å². The van der Waals surface area contributed by atoms with Crippen molar-refractivity contribution in [3.63, 3.8) is 0 Å². The molecule has 1 aromatic heterocycles. The van der Waals surface area contributed by atoms with Gasteiger partial charge in [-0.1, -0.05) is 35.0 Å². The fourth-order valence-corrected chi connectivity index (χ4v) is 1.97. The zero-order valence-corrected chi connectivity index (χ0v) is 11.4. The van der Waals surface area contributed by atoms with E-state index in [1.807, 2.05) is 24.7 Å².